The van der Waals surface area contributed by atoms with E-state index >= 15 is 0 Å². The van der Waals surface area contributed by atoms with Crippen molar-refractivity contribution >= 4 is 17.1 Å². The number of benzene rings is 1. The lowest BCUT2D eigenvalue weighted by molar-refractivity contribution is 0.0952. The molecule has 0 spiro atoms. The van der Waals surface area contributed by atoms with Gasteiger partial charge in [0, 0.05) is 17.7 Å². The molecule has 2 N–H and O–H groups in total. The fourth-order valence-corrected chi connectivity index (χ4v) is 6.78. The van der Waals surface area contributed by atoms with Gasteiger partial charge >= 0.3 is 0 Å². The molecule has 1 aromatic heterocycles. The fraction of sp³-hybridized carbons (Fsp3) is 0.560. The molecule has 0 bridgehead atoms. The van der Waals surface area contributed by atoms with Gasteiger partial charge in [-0.25, -0.2) is 0 Å². The zero-order chi connectivity index (χ0) is 21.1. The quantitative estimate of drug-likeness (QED) is 0.649. The third kappa shape index (κ3) is 3.49. The van der Waals surface area contributed by atoms with Gasteiger partial charge in [-0.05, 0) is 84.2 Å². The highest BCUT2D eigenvalue weighted by Crippen LogP contribution is 2.71. The molecule has 0 radical (unpaired) electrons. The van der Waals surface area contributed by atoms with E-state index in [2.05, 4.69) is 32.9 Å². The summed E-state index contributed by atoms with van der Waals surface area (Å²) in [5, 5.41) is 18.9. The first-order valence-corrected chi connectivity index (χ1v) is 11.5. The van der Waals surface area contributed by atoms with Crippen molar-refractivity contribution < 1.29 is 15.0 Å². The number of rotatable bonds is 7. The number of ketones is 1. The van der Waals surface area contributed by atoms with E-state index in [1.807, 2.05) is 13.8 Å². The van der Waals surface area contributed by atoms with Crippen LogP contribution in [0, 0.1) is 32.1 Å². The van der Waals surface area contributed by atoms with Gasteiger partial charge in [0.25, 0.3) is 0 Å². The molecule has 0 saturated heterocycles. The highest BCUT2D eigenvalue weighted by atomic mass is 32.1. The van der Waals surface area contributed by atoms with Crippen LogP contribution in [0.1, 0.15) is 74.1 Å². The molecule has 3 nitrogen and oxygen atoms in total. The number of hydrogen-bond donors (Lipinski definition) is 2. The molecule has 4 heteroatoms. The zero-order valence-corrected chi connectivity index (χ0v) is 18.9. The van der Waals surface area contributed by atoms with Gasteiger partial charge in [0.2, 0.25) is 0 Å². The van der Waals surface area contributed by atoms with Crippen LogP contribution in [0.4, 0.5) is 0 Å². The number of fused-ring (bicyclic) bond motifs is 3. The van der Waals surface area contributed by atoms with Crippen LogP contribution >= 0.6 is 11.3 Å². The molecule has 1 saturated carbocycles. The normalized spacial score (nSPS) is 22.3. The predicted molar refractivity (Wildman–Crippen MR) is 118 cm³/mol. The average Bonchev–Trinajstić information content (AvgIpc) is 3.00. The van der Waals surface area contributed by atoms with Gasteiger partial charge in [-0.2, -0.15) is 0 Å². The third-order valence-corrected chi connectivity index (χ3v) is 8.52. The Morgan fingerprint density at radius 3 is 2.52 bits per heavy atom. The highest BCUT2D eigenvalue weighted by molar-refractivity contribution is 7.14. The maximum absolute atomic E-state index is 13.0. The van der Waals surface area contributed by atoms with Crippen LogP contribution in [0.25, 0.3) is 0 Å². The Bertz CT molecular complexity index is 946. The maximum atomic E-state index is 13.0. The van der Waals surface area contributed by atoms with Gasteiger partial charge in [0.05, 0.1) is 17.6 Å². The van der Waals surface area contributed by atoms with Crippen LogP contribution < -0.4 is 0 Å². The second-order valence-corrected chi connectivity index (χ2v) is 10.9. The molecule has 156 valence electrons. The molecule has 4 rings (SSSR count). The second-order valence-electron chi connectivity index (χ2n) is 9.66. The molecule has 1 heterocycles. The lowest BCUT2D eigenvalue weighted by Crippen LogP contribution is -2.16. The van der Waals surface area contributed by atoms with Gasteiger partial charge < -0.3 is 10.2 Å². The number of aryl methyl sites for hydroxylation is 4. The molecule has 29 heavy (non-hydrogen) atoms. The number of Topliss-reactive ketones (excluding diaryl/α,β-unsaturated/α-hetero) is 1. The van der Waals surface area contributed by atoms with Crippen LogP contribution in [0.15, 0.2) is 12.1 Å². The van der Waals surface area contributed by atoms with Crippen molar-refractivity contribution in [2.45, 2.75) is 72.3 Å². The molecule has 2 aliphatic rings. The van der Waals surface area contributed by atoms with Crippen molar-refractivity contribution in [2.75, 3.05) is 6.61 Å². The standard InChI is InChI=1S/C25H32O3S/c1-13-8-16(9-14(2)18(13)10-17(27)12-26)6-7-21(28)24-19-11-20-23(25(20,4)5)22(19)15(3)29-24/h8-9,17,20,23,26-27H,6-7,10-12H2,1-5H3/t17?,20-,23-/m0/s1. The molecule has 0 aliphatic heterocycles. The number of hydrogen-bond acceptors (Lipinski definition) is 4. The number of thiophene rings is 1. The van der Waals surface area contributed by atoms with E-state index in [-0.39, 0.29) is 12.4 Å². The smallest absolute Gasteiger partial charge is 0.173 e. The molecular weight excluding hydrogens is 380 g/mol. The number of aliphatic hydroxyl groups excluding tert-OH is 2. The van der Waals surface area contributed by atoms with Crippen molar-refractivity contribution in [2.24, 2.45) is 11.3 Å². The van der Waals surface area contributed by atoms with E-state index in [0.717, 1.165) is 40.3 Å². The average molecular weight is 413 g/mol. The SMILES string of the molecule is Cc1cc(CCC(=O)c2sc(C)c3c2C[C@H]2[C@@H]3C2(C)C)cc(C)c1CC(O)CO. The van der Waals surface area contributed by atoms with Crippen molar-refractivity contribution in [3.05, 3.63) is 55.3 Å². The Morgan fingerprint density at radius 1 is 1.24 bits per heavy atom. The summed E-state index contributed by atoms with van der Waals surface area (Å²) in [4.78, 5) is 15.4. The van der Waals surface area contributed by atoms with Crippen LogP contribution in [-0.2, 0) is 19.3 Å². The number of carbonyl (C=O) groups excluding carboxylic acids is 1. The monoisotopic (exact) mass is 412 g/mol. The highest BCUT2D eigenvalue weighted by Gasteiger charge is 2.63. The first kappa shape index (κ1) is 20.8. The van der Waals surface area contributed by atoms with E-state index in [9.17, 15) is 9.90 Å². The van der Waals surface area contributed by atoms with Gasteiger partial charge in [0.15, 0.2) is 5.78 Å². The predicted octanol–water partition coefficient (Wildman–Crippen LogP) is 4.68. The van der Waals surface area contributed by atoms with E-state index < -0.39 is 6.10 Å². The maximum Gasteiger partial charge on any atom is 0.173 e. The van der Waals surface area contributed by atoms with Crippen LogP contribution in [0.5, 0.6) is 0 Å². The third-order valence-electron chi connectivity index (χ3n) is 7.32. The summed E-state index contributed by atoms with van der Waals surface area (Å²) >= 11 is 1.71. The summed E-state index contributed by atoms with van der Waals surface area (Å²) in [6.45, 7) is 10.8. The lowest BCUT2D eigenvalue weighted by atomic mass is 9.92. The van der Waals surface area contributed by atoms with Crippen molar-refractivity contribution in [1.82, 2.24) is 0 Å². The second kappa shape index (κ2) is 7.33. The van der Waals surface area contributed by atoms with Crippen LogP contribution in [0.3, 0.4) is 0 Å². The van der Waals surface area contributed by atoms with E-state index in [4.69, 9.17) is 5.11 Å². The Morgan fingerprint density at radius 2 is 1.90 bits per heavy atom. The Kier molecular flexibility index (Phi) is 5.25. The summed E-state index contributed by atoms with van der Waals surface area (Å²) < 4.78 is 0. The van der Waals surface area contributed by atoms with Crippen molar-refractivity contribution in [3.63, 3.8) is 0 Å². The Hall–Kier alpha value is -1.49. The summed E-state index contributed by atoms with van der Waals surface area (Å²) in [5.74, 6) is 1.69. The first-order chi connectivity index (χ1) is 13.6. The Labute approximate surface area is 177 Å². The van der Waals surface area contributed by atoms with Gasteiger partial charge in [-0.1, -0.05) is 26.0 Å². The fourth-order valence-electron chi connectivity index (χ4n) is 5.58. The van der Waals surface area contributed by atoms with Gasteiger partial charge in [-0.3, -0.25) is 4.79 Å². The van der Waals surface area contributed by atoms with E-state index in [0.29, 0.717) is 24.2 Å². The zero-order valence-electron chi connectivity index (χ0n) is 18.1. The molecule has 2 aromatic rings. The molecule has 3 atom stereocenters. The topological polar surface area (TPSA) is 57.5 Å². The molecule has 2 aliphatic carbocycles. The molecule has 1 fully saturated rings. The van der Waals surface area contributed by atoms with Crippen LogP contribution in [0.2, 0.25) is 0 Å². The summed E-state index contributed by atoms with van der Waals surface area (Å²) in [5.41, 5.74) is 7.77. The molecule has 1 aromatic carbocycles. The molecule has 1 unspecified atom stereocenters. The first-order valence-electron chi connectivity index (χ1n) is 10.7. The Balaban J connectivity index is 1.46. The van der Waals surface area contributed by atoms with Crippen LogP contribution in [-0.4, -0.2) is 28.7 Å². The van der Waals surface area contributed by atoms with E-state index in [1.165, 1.54) is 21.6 Å². The van der Waals surface area contributed by atoms with Gasteiger partial charge in [-0.15, -0.1) is 11.3 Å². The van der Waals surface area contributed by atoms with E-state index in [1.54, 1.807) is 11.3 Å². The minimum Gasteiger partial charge on any atom is -0.394 e. The summed E-state index contributed by atoms with van der Waals surface area (Å²) in [6, 6.07) is 4.25. The lowest BCUT2D eigenvalue weighted by Gasteiger charge is -2.15. The number of aliphatic hydroxyl groups is 2. The minimum absolute atomic E-state index is 0.224. The van der Waals surface area contributed by atoms with Gasteiger partial charge in [0.1, 0.15) is 0 Å². The summed E-state index contributed by atoms with van der Waals surface area (Å²) in [6.07, 6.45) is 2.11. The van der Waals surface area contributed by atoms with Crippen molar-refractivity contribution in [1.29, 1.82) is 0 Å². The largest absolute Gasteiger partial charge is 0.394 e. The minimum atomic E-state index is -0.722. The molecular formula is C25H32O3S. The van der Waals surface area contributed by atoms with Crippen molar-refractivity contribution in [3.8, 4) is 0 Å². The number of carbonyl (C=O) groups is 1. The summed E-state index contributed by atoms with van der Waals surface area (Å²) in [7, 11) is 0. The molecule has 0 amide bonds.